The van der Waals surface area contributed by atoms with Crippen LogP contribution in [-0.4, -0.2) is 22.9 Å². The average molecular weight is 381 g/mol. The van der Waals surface area contributed by atoms with Crippen LogP contribution in [-0.2, 0) is 4.74 Å². The molecule has 0 atom stereocenters. The summed E-state index contributed by atoms with van der Waals surface area (Å²) in [5, 5.41) is 9.67. The highest BCUT2D eigenvalue weighted by Crippen LogP contribution is 2.44. The quantitative estimate of drug-likeness (QED) is 0.495. The Morgan fingerprint density at radius 3 is 2.17 bits per heavy atom. The fourth-order valence-corrected chi connectivity index (χ4v) is 3.90. The number of carbonyl (C=O) groups excluding carboxylic acids is 1. The number of rotatable bonds is 4. The van der Waals surface area contributed by atoms with Crippen LogP contribution in [0.25, 0.3) is 22.4 Å². The Bertz CT molecular complexity index is 1110. The third-order valence-corrected chi connectivity index (χ3v) is 5.29. The van der Waals surface area contributed by atoms with Crippen molar-refractivity contribution in [2.75, 3.05) is 11.9 Å². The Kier molecular flexibility index (Phi) is 4.33. The van der Waals surface area contributed by atoms with Gasteiger partial charge in [0.15, 0.2) is 0 Å². The predicted octanol–water partition coefficient (Wildman–Crippen LogP) is 5.44. The molecule has 29 heavy (non-hydrogen) atoms. The number of ether oxygens (including phenoxy) is 1. The van der Waals surface area contributed by atoms with Crippen LogP contribution in [0, 0.1) is 0 Å². The van der Waals surface area contributed by atoms with E-state index in [4.69, 9.17) is 4.74 Å². The lowest BCUT2D eigenvalue weighted by atomic mass is 9.98. The highest BCUT2D eigenvalue weighted by atomic mass is 16.5. The number of H-pyrrole nitrogens is 1. The second kappa shape index (κ2) is 7.28. The lowest BCUT2D eigenvalue weighted by Gasteiger charge is -2.14. The van der Waals surface area contributed by atoms with E-state index in [1.807, 2.05) is 54.6 Å². The molecular weight excluding hydrogens is 362 g/mol. The molecule has 1 amide bonds. The van der Waals surface area contributed by atoms with E-state index in [1.54, 1.807) is 6.20 Å². The number of hydrogen-bond donors (Lipinski definition) is 2. The number of anilines is 1. The van der Waals surface area contributed by atoms with Crippen molar-refractivity contribution in [2.24, 2.45) is 0 Å². The third kappa shape index (κ3) is 3.27. The highest BCUT2D eigenvalue weighted by molar-refractivity contribution is 5.85. The van der Waals surface area contributed by atoms with E-state index in [0.29, 0.717) is 12.3 Å². The molecule has 1 aliphatic carbocycles. The molecule has 0 aliphatic heterocycles. The fraction of sp³-hybridized carbons (Fsp3) is 0.0833. The van der Waals surface area contributed by atoms with Crippen LogP contribution in [0.2, 0.25) is 0 Å². The van der Waals surface area contributed by atoms with Gasteiger partial charge in [-0.3, -0.25) is 10.4 Å². The van der Waals surface area contributed by atoms with Gasteiger partial charge < -0.3 is 4.74 Å². The molecule has 0 fully saturated rings. The first kappa shape index (κ1) is 17.3. The Balaban J connectivity index is 1.26. The highest BCUT2D eigenvalue weighted by Gasteiger charge is 2.28. The number of benzene rings is 3. The van der Waals surface area contributed by atoms with Gasteiger partial charge in [-0.15, -0.1) is 0 Å². The minimum Gasteiger partial charge on any atom is -0.448 e. The van der Waals surface area contributed by atoms with E-state index in [0.717, 1.165) is 11.3 Å². The molecule has 0 radical (unpaired) electrons. The summed E-state index contributed by atoms with van der Waals surface area (Å²) in [7, 11) is 0. The van der Waals surface area contributed by atoms with Gasteiger partial charge in [0.2, 0.25) is 0 Å². The predicted molar refractivity (Wildman–Crippen MR) is 113 cm³/mol. The number of hydrogen-bond acceptors (Lipinski definition) is 3. The van der Waals surface area contributed by atoms with Crippen molar-refractivity contribution < 1.29 is 9.53 Å². The second-order valence-corrected chi connectivity index (χ2v) is 7.00. The third-order valence-electron chi connectivity index (χ3n) is 5.29. The van der Waals surface area contributed by atoms with Crippen LogP contribution in [0.3, 0.4) is 0 Å². The Morgan fingerprint density at radius 1 is 0.897 bits per heavy atom. The second-order valence-electron chi connectivity index (χ2n) is 7.00. The first-order valence-electron chi connectivity index (χ1n) is 9.51. The van der Waals surface area contributed by atoms with E-state index in [2.05, 4.69) is 39.8 Å². The zero-order valence-corrected chi connectivity index (χ0v) is 15.6. The van der Waals surface area contributed by atoms with Crippen molar-refractivity contribution >= 4 is 11.8 Å². The number of aromatic nitrogens is 2. The van der Waals surface area contributed by atoms with E-state index in [-0.39, 0.29) is 5.92 Å². The van der Waals surface area contributed by atoms with E-state index < -0.39 is 6.09 Å². The van der Waals surface area contributed by atoms with Gasteiger partial charge in [-0.05, 0) is 46.0 Å². The Hall–Kier alpha value is -3.86. The molecule has 0 spiro atoms. The van der Waals surface area contributed by atoms with E-state index in [1.165, 1.54) is 22.3 Å². The normalized spacial score (nSPS) is 12.3. The summed E-state index contributed by atoms with van der Waals surface area (Å²) in [5.74, 6) is 0.0518. The summed E-state index contributed by atoms with van der Waals surface area (Å²) in [5.41, 5.74) is 7.44. The molecule has 5 heteroatoms. The summed E-state index contributed by atoms with van der Waals surface area (Å²) in [4.78, 5) is 12.4. The maximum absolute atomic E-state index is 12.4. The number of amides is 1. The van der Waals surface area contributed by atoms with Gasteiger partial charge in [0.25, 0.3) is 0 Å². The van der Waals surface area contributed by atoms with Gasteiger partial charge in [-0.25, -0.2) is 4.79 Å². The molecule has 0 saturated carbocycles. The lowest BCUT2D eigenvalue weighted by Crippen LogP contribution is -2.17. The SMILES string of the molecule is O=C(Nc1ccc(-c2ccn[nH]2)cc1)OCC1c2ccccc2-c2ccccc21. The summed E-state index contributed by atoms with van der Waals surface area (Å²) < 4.78 is 5.58. The lowest BCUT2D eigenvalue weighted by molar-refractivity contribution is 0.158. The number of fused-ring (bicyclic) bond motifs is 3. The molecule has 1 aliphatic rings. The molecule has 4 aromatic rings. The zero-order valence-electron chi connectivity index (χ0n) is 15.6. The van der Waals surface area contributed by atoms with Gasteiger partial charge >= 0.3 is 6.09 Å². The van der Waals surface area contributed by atoms with Crippen molar-refractivity contribution in [3.63, 3.8) is 0 Å². The fourth-order valence-electron chi connectivity index (χ4n) is 3.90. The largest absolute Gasteiger partial charge is 0.448 e. The van der Waals surface area contributed by atoms with Crippen molar-refractivity contribution in [2.45, 2.75) is 5.92 Å². The number of aromatic amines is 1. The topological polar surface area (TPSA) is 67.0 Å². The van der Waals surface area contributed by atoms with Gasteiger partial charge in [-0.2, -0.15) is 5.10 Å². The van der Waals surface area contributed by atoms with Crippen molar-refractivity contribution in [3.05, 3.63) is 96.2 Å². The zero-order chi connectivity index (χ0) is 19.6. The number of nitrogens with one attached hydrogen (secondary N) is 2. The molecule has 5 nitrogen and oxygen atoms in total. The van der Waals surface area contributed by atoms with Gasteiger partial charge in [0.1, 0.15) is 6.61 Å². The Morgan fingerprint density at radius 2 is 1.55 bits per heavy atom. The minimum atomic E-state index is -0.457. The molecule has 1 heterocycles. The van der Waals surface area contributed by atoms with E-state index >= 15 is 0 Å². The molecule has 142 valence electrons. The van der Waals surface area contributed by atoms with Crippen LogP contribution in [0.1, 0.15) is 17.0 Å². The molecular formula is C24H19N3O2. The van der Waals surface area contributed by atoms with Crippen LogP contribution in [0.4, 0.5) is 10.5 Å². The maximum atomic E-state index is 12.4. The van der Waals surface area contributed by atoms with Crippen molar-refractivity contribution in [1.82, 2.24) is 10.2 Å². The molecule has 0 unspecified atom stereocenters. The summed E-state index contributed by atoms with van der Waals surface area (Å²) >= 11 is 0. The number of carbonyl (C=O) groups is 1. The maximum Gasteiger partial charge on any atom is 0.411 e. The van der Waals surface area contributed by atoms with Crippen molar-refractivity contribution in [3.8, 4) is 22.4 Å². The first-order valence-corrected chi connectivity index (χ1v) is 9.51. The molecule has 5 rings (SSSR count). The molecule has 0 saturated heterocycles. The molecule has 1 aromatic heterocycles. The van der Waals surface area contributed by atoms with E-state index in [9.17, 15) is 4.79 Å². The smallest absolute Gasteiger partial charge is 0.411 e. The summed E-state index contributed by atoms with van der Waals surface area (Å²) in [6, 6.07) is 26.0. The van der Waals surface area contributed by atoms with Gasteiger partial charge in [-0.1, -0.05) is 60.7 Å². The minimum absolute atomic E-state index is 0.0518. The summed E-state index contributed by atoms with van der Waals surface area (Å²) in [6.45, 7) is 0.298. The van der Waals surface area contributed by atoms with Crippen LogP contribution in [0.5, 0.6) is 0 Å². The molecule has 3 aromatic carbocycles. The Labute approximate surface area is 168 Å². The van der Waals surface area contributed by atoms with Crippen molar-refractivity contribution in [1.29, 1.82) is 0 Å². The monoisotopic (exact) mass is 381 g/mol. The van der Waals surface area contributed by atoms with Gasteiger partial charge in [0.05, 0.1) is 5.69 Å². The van der Waals surface area contributed by atoms with Crippen LogP contribution >= 0.6 is 0 Å². The molecule has 0 bridgehead atoms. The number of nitrogens with zero attached hydrogens (tertiary/aromatic N) is 1. The van der Waals surface area contributed by atoms with Crippen LogP contribution < -0.4 is 5.32 Å². The van der Waals surface area contributed by atoms with Crippen LogP contribution in [0.15, 0.2) is 85.1 Å². The molecule has 2 N–H and O–H groups in total. The van der Waals surface area contributed by atoms with Gasteiger partial charge in [0, 0.05) is 17.8 Å². The average Bonchev–Trinajstić information content (AvgIpc) is 3.40. The standard InChI is InChI=1S/C24H19N3O2/c28-24(26-17-11-9-16(10-12-17)23-13-14-25-27-23)29-15-22-20-7-3-1-5-18(20)19-6-2-4-8-21(19)22/h1-14,22H,15H2,(H,25,27)(H,26,28). The first-order chi connectivity index (χ1) is 14.3. The summed E-state index contributed by atoms with van der Waals surface area (Å²) in [6.07, 6.45) is 1.25.